The Hall–Kier alpha value is -1.85. The van der Waals surface area contributed by atoms with E-state index in [1.807, 2.05) is 20.8 Å². The minimum absolute atomic E-state index is 0.122. The molecule has 0 bridgehead atoms. The van der Waals surface area contributed by atoms with Gasteiger partial charge in [0.2, 0.25) is 0 Å². The number of likely N-dealkylation sites (N-methyl/N-ethyl adjacent to an activating group) is 1. The Bertz CT molecular complexity index is 381. The number of nitrogens with one attached hydrogen (secondary N) is 2. The molecule has 0 saturated heterocycles. The largest absolute Gasteiger partial charge is 0.364 e. The van der Waals surface area contributed by atoms with Gasteiger partial charge in [-0.15, -0.1) is 4.91 Å². The number of H-pyrrole nitrogens is 1. The van der Waals surface area contributed by atoms with Crippen molar-refractivity contribution >= 4 is 5.91 Å². The van der Waals surface area contributed by atoms with Gasteiger partial charge in [-0.1, -0.05) is 0 Å². The average molecular weight is 238 g/mol. The van der Waals surface area contributed by atoms with Crippen LogP contribution < -0.4 is 5.32 Å². The Morgan fingerprint density at radius 3 is 2.71 bits per heavy atom. The van der Waals surface area contributed by atoms with Crippen LogP contribution in [0, 0.1) is 18.8 Å². The normalized spacial score (nSPS) is 10.1. The number of carbonyl (C=O) groups is 1. The molecule has 0 aliphatic heterocycles. The Kier molecular flexibility index (Phi) is 4.68. The summed E-state index contributed by atoms with van der Waals surface area (Å²) in [5.41, 5.74) is 2.44. The summed E-state index contributed by atoms with van der Waals surface area (Å²) < 4.78 is 0. The van der Waals surface area contributed by atoms with Gasteiger partial charge in [0.05, 0.1) is 17.4 Å². The highest BCUT2D eigenvalue weighted by Gasteiger charge is 2.13. The standard InChI is InChI=1S/C11H18N4O2/c1-4-15(14-17)6-5-12-11(16)10-8(2)7-13-9(10)3/h7,13H,4-6H2,1-3H3,(H,12,16). The molecular formula is C11H18N4O2. The molecule has 1 rings (SSSR count). The number of aromatic nitrogens is 1. The molecule has 0 aromatic carbocycles. The minimum Gasteiger partial charge on any atom is -0.364 e. The highest BCUT2D eigenvalue weighted by atomic mass is 16.3. The quantitative estimate of drug-likeness (QED) is 0.580. The average Bonchev–Trinajstić information content (AvgIpc) is 2.64. The van der Waals surface area contributed by atoms with E-state index in [0.29, 0.717) is 25.2 Å². The van der Waals surface area contributed by atoms with E-state index in [1.165, 1.54) is 5.01 Å². The topological polar surface area (TPSA) is 77.6 Å². The summed E-state index contributed by atoms with van der Waals surface area (Å²) in [6.45, 7) is 6.94. The van der Waals surface area contributed by atoms with Crippen LogP contribution in [0.5, 0.6) is 0 Å². The predicted molar refractivity (Wildman–Crippen MR) is 65.6 cm³/mol. The Balaban J connectivity index is 2.48. The minimum atomic E-state index is -0.122. The lowest BCUT2D eigenvalue weighted by Gasteiger charge is -2.12. The van der Waals surface area contributed by atoms with Crippen LogP contribution >= 0.6 is 0 Å². The Morgan fingerprint density at radius 2 is 2.24 bits per heavy atom. The number of carbonyl (C=O) groups excluding carboxylic acids is 1. The van der Waals surface area contributed by atoms with E-state index in [1.54, 1.807) is 6.20 Å². The fourth-order valence-electron chi connectivity index (χ4n) is 1.65. The van der Waals surface area contributed by atoms with Crippen molar-refractivity contribution in [2.45, 2.75) is 20.8 Å². The number of rotatable bonds is 6. The highest BCUT2D eigenvalue weighted by molar-refractivity contribution is 5.96. The van der Waals surface area contributed by atoms with Crippen molar-refractivity contribution in [2.24, 2.45) is 5.29 Å². The van der Waals surface area contributed by atoms with Gasteiger partial charge in [0.1, 0.15) is 0 Å². The molecule has 6 nitrogen and oxygen atoms in total. The molecule has 1 heterocycles. The van der Waals surface area contributed by atoms with E-state index >= 15 is 0 Å². The molecule has 0 atom stereocenters. The lowest BCUT2D eigenvalue weighted by atomic mass is 10.1. The first kappa shape index (κ1) is 13.2. The monoisotopic (exact) mass is 238 g/mol. The zero-order chi connectivity index (χ0) is 12.8. The second-order valence-electron chi connectivity index (χ2n) is 3.86. The Labute approximate surface area is 100 Å². The van der Waals surface area contributed by atoms with Crippen LogP contribution in [0.1, 0.15) is 28.5 Å². The van der Waals surface area contributed by atoms with E-state index in [4.69, 9.17) is 0 Å². The lowest BCUT2D eigenvalue weighted by molar-refractivity contribution is 0.0947. The van der Waals surface area contributed by atoms with Crippen molar-refractivity contribution in [1.82, 2.24) is 15.3 Å². The Morgan fingerprint density at radius 1 is 1.53 bits per heavy atom. The van der Waals surface area contributed by atoms with E-state index in [2.05, 4.69) is 15.6 Å². The number of nitroso groups, excluding NO2 is 1. The SMILES string of the molecule is CCN(CCNC(=O)c1c(C)c[nH]c1C)N=O. The van der Waals surface area contributed by atoms with Crippen molar-refractivity contribution in [3.63, 3.8) is 0 Å². The third-order valence-corrected chi connectivity index (χ3v) is 2.64. The first-order valence-corrected chi connectivity index (χ1v) is 5.61. The highest BCUT2D eigenvalue weighted by Crippen LogP contribution is 2.11. The molecule has 17 heavy (non-hydrogen) atoms. The van der Waals surface area contributed by atoms with Gasteiger partial charge in [0.25, 0.3) is 5.91 Å². The molecule has 2 N–H and O–H groups in total. The molecule has 1 aromatic rings. The van der Waals surface area contributed by atoms with Crippen molar-refractivity contribution in [1.29, 1.82) is 0 Å². The maximum absolute atomic E-state index is 11.8. The molecule has 6 heteroatoms. The zero-order valence-corrected chi connectivity index (χ0v) is 10.4. The third-order valence-electron chi connectivity index (χ3n) is 2.64. The molecule has 0 aliphatic carbocycles. The molecule has 1 amide bonds. The maximum Gasteiger partial charge on any atom is 0.253 e. The number of aromatic amines is 1. The van der Waals surface area contributed by atoms with Gasteiger partial charge in [-0.25, -0.2) is 0 Å². The van der Waals surface area contributed by atoms with Crippen LogP contribution in [-0.2, 0) is 0 Å². The second kappa shape index (κ2) is 6.03. The molecule has 0 radical (unpaired) electrons. The molecule has 0 aliphatic rings. The van der Waals surface area contributed by atoms with Gasteiger partial charge >= 0.3 is 0 Å². The third kappa shape index (κ3) is 3.30. The number of hydrogen-bond donors (Lipinski definition) is 2. The van der Waals surface area contributed by atoms with Crippen LogP contribution in [0.4, 0.5) is 0 Å². The van der Waals surface area contributed by atoms with Crippen molar-refractivity contribution in [2.75, 3.05) is 19.6 Å². The molecule has 0 spiro atoms. The van der Waals surface area contributed by atoms with E-state index in [-0.39, 0.29) is 5.91 Å². The number of nitrogens with zero attached hydrogens (tertiary/aromatic N) is 2. The first-order chi connectivity index (χ1) is 8.10. The van der Waals surface area contributed by atoms with Gasteiger partial charge in [-0.2, -0.15) is 0 Å². The summed E-state index contributed by atoms with van der Waals surface area (Å²) in [6, 6.07) is 0. The molecule has 94 valence electrons. The summed E-state index contributed by atoms with van der Waals surface area (Å²) in [6.07, 6.45) is 1.80. The molecular weight excluding hydrogens is 220 g/mol. The van der Waals surface area contributed by atoms with Crippen molar-refractivity contribution < 1.29 is 4.79 Å². The van der Waals surface area contributed by atoms with Crippen molar-refractivity contribution in [3.8, 4) is 0 Å². The van der Waals surface area contributed by atoms with E-state index in [9.17, 15) is 9.70 Å². The maximum atomic E-state index is 11.8. The second-order valence-corrected chi connectivity index (χ2v) is 3.86. The summed E-state index contributed by atoms with van der Waals surface area (Å²) in [5.74, 6) is -0.122. The summed E-state index contributed by atoms with van der Waals surface area (Å²) >= 11 is 0. The van der Waals surface area contributed by atoms with E-state index in [0.717, 1.165) is 11.3 Å². The smallest absolute Gasteiger partial charge is 0.253 e. The van der Waals surface area contributed by atoms with Gasteiger partial charge < -0.3 is 10.3 Å². The van der Waals surface area contributed by atoms with Crippen molar-refractivity contribution in [3.05, 3.63) is 27.9 Å². The van der Waals surface area contributed by atoms with Gasteiger partial charge in [-0.05, 0) is 26.3 Å². The molecule has 0 saturated carbocycles. The molecule has 0 unspecified atom stereocenters. The van der Waals surface area contributed by atoms with Gasteiger partial charge in [0.15, 0.2) is 0 Å². The van der Waals surface area contributed by atoms with Crippen LogP contribution in [-0.4, -0.2) is 35.5 Å². The van der Waals surface area contributed by atoms with Gasteiger partial charge in [0, 0.05) is 25.0 Å². The molecule has 0 fully saturated rings. The number of hydrogen-bond acceptors (Lipinski definition) is 3. The summed E-state index contributed by atoms with van der Waals surface area (Å²) in [5, 5.41) is 6.95. The predicted octanol–water partition coefficient (Wildman–Crippen LogP) is 1.36. The number of aryl methyl sites for hydroxylation is 2. The van der Waals surface area contributed by atoms with Crippen LogP contribution in [0.3, 0.4) is 0 Å². The van der Waals surface area contributed by atoms with Crippen LogP contribution in [0.15, 0.2) is 11.5 Å². The lowest BCUT2D eigenvalue weighted by Crippen LogP contribution is -2.32. The summed E-state index contributed by atoms with van der Waals surface area (Å²) in [4.78, 5) is 25.2. The fraction of sp³-hybridized carbons (Fsp3) is 0.545. The van der Waals surface area contributed by atoms with Crippen LogP contribution in [0.25, 0.3) is 0 Å². The fourth-order valence-corrected chi connectivity index (χ4v) is 1.65. The first-order valence-electron chi connectivity index (χ1n) is 5.61. The zero-order valence-electron chi connectivity index (χ0n) is 10.4. The van der Waals surface area contributed by atoms with Gasteiger partial charge in [-0.3, -0.25) is 9.80 Å². The number of amides is 1. The molecule has 1 aromatic heterocycles. The summed E-state index contributed by atoms with van der Waals surface area (Å²) in [7, 11) is 0. The van der Waals surface area contributed by atoms with Crippen LogP contribution in [0.2, 0.25) is 0 Å². The van der Waals surface area contributed by atoms with E-state index < -0.39 is 0 Å².